The second-order valence-electron chi connectivity index (χ2n) is 4.76. The molecule has 1 aromatic carbocycles. The number of carbonyl (C=O) groups is 2. The average molecular weight is 278 g/mol. The molecule has 0 bridgehead atoms. The summed E-state index contributed by atoms with van der Waals surface area (Å²) in [6.45, 7) is 2.04. The lowest BCUT2D eigenvalue weighted by atomic mass is 9.63. The van der Waals surface area contributed by atoms with E-state index >= 15 is 0 Å². The van der Waals surface area contributed by atoms with E-state index in [0.717, 1.165) is 5.56 Å². The van der Waals surface area contributed by atoms with Crippen LogP contribution in [0.5, 0.6) is 11.5 Å². The van der Waals surface area contributed by atoms with Crippen molar-refractivity contribution in [3.05, 3.63) is 23.8 Å². The average Bonchev–Trinajstić information content (AvgIpc) is 2.43. The van der Waals surface area contributed by atoms with Crippen LogP contribution in [0.25, 0.3) is 0 Å². The number of ketones is 1. The highest BCUT2D eigenvalue weighted by molar-refractivity contribution is 6.02. The van der Waals surface area contributed by atoms with E-state index in [-0.39, 0.29) is 24.6 Å². The largest absolute Gasteiger partial charge is 0.493 e. The predicted octanol–water partition coefficient (Wildman–Crippen LogP) is 1.87. The van der Waals surface area contributed by atoms with Gasteiger partial charge in [-0.15, -0.1) is 0 Å². The van der Waals surface area contributed by atoms with E-state index in [1.165, 1.54) is 7.11 Å². The fourth-order valence-electron chi connectivity index (χ4n) is 2.49. The van der Waals surface area contributed by atoms with Crippen LogP contribution in [0.15, 0.2) is 18.2 Å². The molecule has 5 nitrogen and oxygen atoms in total. The van der Waals surface area contributed by atoms with Gasteiger partial charge in [-0.05, 0) is 24.6 Å². The molecule has 1 aromatic rings. The second kappa shape index (κ2) is 5.53. The first-order valence-electron chi connectivity index (χ1n) is 6.49. The van der Waals surface area contributed by atoms with Gasteiger partial charge in [-0.25, -0.2) is 0 Å². The van der Waals surface area contributed by atoms with E-state index < -0.39 is 5.41 Å². The van der Waals surface area contributed by atoms with Gasteiger partial charge in [-0.3, -0.25) is 9.59 Å². The van der Waals surface area contributed by atoms with E-state index in [1.807, 2.05) is 0 Å². The van der Waals surface area contributed by atoms with Crippen molar-refractivity contribution in [2.45, 2.75) is 25.2 Å². The SMILES string of the molecule is CCOC(=O)C1(c2ccc(OC)c(OC)c2)CC(=O)C1. The lowest BCUT2D eigenvalue weighted by Gasteiger charge is -2.38. The molecule has 1 saturated carbocycles. The molecule has 0 N–H and O–H groups in total. The Balaban J connectivity index is 2.40. The lowest BCUT2D eigenvalue weighted by Crippen LogP contribution is -2.49. The molecule has 0 spiro atoms. The molecule has 5 heteroatoms. The van der Waals surface area contributed by atoms with Crippen molar-refractivity contribution in [2.75, 3.05) is 20.8 Å². The minimum absolute atomic E-state index is 0.0628. The molecule has 1 aliphatic rings. The third-order valence-electron chi connectivity index (χ3n) is 3.60. The highest BCUT2D eigenvalue weighted by atomic mass is 16.5. The molecule has 0 heterocycles. The number of hydrogen-bond acceptors (Lipinski definition) is 5. The van der Waals surface area contributed by atoms with Gasteiger partial charge < -0.3 is 14.2 Å². The van der Waals surface area contributed by atoms with Crippen molar-refractivity contribution in [1.29, 1.82) is 0 Å². The van der Waals surface area contributed by atoms with Crippen LogP contribution in [0, 0.1) is 0 Å². The van der Waals surface area contributed by atoms with Crippen LogP contribution in [0.4, 0.5) is 0 Å². The van der Waals surface area contributed by atoms with Crippen molar-refractivity contribution in [3.8, 4) is 11.5 Å². The Morgan fingerprint density at radius 2 is 1.85 bits per heavy atom. The Kier molecular flexibility index (Phi) is 3.97. The number of methoxy groups -OCH3 is 2. The fourth-order valence-corrected chi connectivity index (χ4v) is 2.49. The van der Waals surface area contributed by atoms with E-state index in [2.05, 4.69) is 0 Å². The Hall–Kier alpha value is -2.04. The second-order valence-corrected chi connectivity index (χ2v) is 4.76. The lowest BCUT2D eigenvalue weighted by molar-refractivity contribution is -0.158. The summed E-state index contributed by atoms with van der Waals surface area (Å²) in [7, 11) is 3.08. The van der Waals surface area contributed by atoms with E-state index in [1.54, 1.807) is 32.2 Å². The van der Waals surface area contributed by atoms with Crippen molar-refractivity contribution < 1.29 is 23.8 Å². The molecule has 1 fully saturated rings. The molecular formula is C15H18O5. The Labute approximate surface area is 117 Å². The van der Waals surface area contributed by atoms with E-state index in [0.29, 0.717) is 18.1 Å². The Morgan fingerprint density at radius 1 is 1.20 bits per heavy atom. The zero-order valence-electron chi connectivity index (χ0n) is 11.9. The Bertz CT molecular complexity index is 527. The summed E-state index contributed by atoms with van der Waals surface area (Å²) < 4.78 is 15.5. The fraction of sp³-hybridized carbons (Fsp3) is 0.467. The van der Waals surface area contributed by atoms with Gasteiger partial charge in [-0.2, -0.15) is 0 Å². The van der Waals surface area contributed by atoms with Crippen LogP contribution >= 0.6 is 0 Å². The highest BCUT2D eigenvalue weighted by Crippen LogP contribution is 2.44. The molecule has 0 radical (unpaired) electrons. The standard InChI is InChI=1S/C15H18O5/c1-4-20-14(17)15(8-11(16)9-15)10-5-6-12(18-2)13(7-10)19-3/h5-7H,4,8-9H2,1-3H3. The minimum atomic E-state index is -0.868. The third kappa shape index (κ3) is 2.24. The van der Waals surface area contributed by atoms with Crippen LogP contribution in [0.3, 0.4) is 0 Å². The topological polar surface area (TPSA) is 61.8 Å². The number of esters is 1. The van der Waals surface area contributed by atoms with Crippen LogP contribution in [0.2, 0.25) is 0 Å². The van der Waals surface area contributed by atoms with Gasteiger partial charge in [0, 0.05) is 12.8 Å². The van der Waals surface area contributed by atoms with Gasteiger partial charge in [0.1, 0.15) is 11.2 Å². The van der Waals surface area contributed by atoms with Gasteiger partial charge in [0.05, 0.1) is 20.8 Å². The molecule has 0 unspecified atom stereocenters. The summed E-state index contributed by atoms with van der Waals surface area (Å²) >= 11 is 0. The normalized spacial score (nSPS) is 16.2. The summed E-state index contributed by atoms with van der Waals surface area (Å²) in [5, 5.41) is 0. The summed E-state index contributed by atoms with van der Waals surface area (Å²) in [6, 6.07) is 5.25. The van der Waals surface area contributed by atoms with Crippen molar-refractivity contribution in [1.82, 2.24) is 0 Å². The van der Waals surface area contributed by atoms with Gasteiger partial charge in [0.15, 0.2) is 11.5 Å². The molecule has 0 atom stereocenters. The summed E-state index contributed by atoms with van der Waals surface area (Å²) in [5.41, 5.74) is -0.139. The number of carbonyl (C=O) groups excluding carboxylic acids is 2. The monoisotopic (exact) mass is 278 g/mol. The van der Waals surface area contributed by atoms with Crippen LogP contribution < -0.4 is 9.47 Å². The molecule has 0 aromatic heterocycles. The van der Waals surface area contributed by atoms with E-state index in [4.69, 9.17) is 14.2 Å². The molecule has 1 aliphatic carbocycles. The highest BCUT2D eigenvalue weighted by Gasteiger charge is 2.52. The molecule has 108 valence electrons. The van der Waals surface area contributed by atoms with Gasteiger partial charge in [0.25, 0.3) is 0 Å². The molecule has 0 saturated heterocycles. The molecule has 0 amide bonds. The summed E-state index contributed by atoms with van der Waals surface area (Å²) in [4.78, 5) is 23.6. The quantitative estimate of drug-likeness (QED) is 0.769. The minimum Gasteiger partial charge on any atom is -0.493 e. The first-order valence-corrected chi connectivity index (χ1v) is 6.49. The number of benzene rings is 1. The summed E-state index contributed by atoms with van der Waals surface area (Å²) in [5.74, 6) is 0.827. The molecule has 2 rings (SSSR count). The number of Topliss-reactive ketones (excluding diaryl/α,β-unsaturated/α-hetero) is 1. The third-order valence-corrected chi connectivity index (χ3v) is 3.60. The van der Waals surface area contributed by atoms with Crippen LogP contribution in [0.1, 0.15) is 25.3 Å². The summed E-state index contributed by atoms with van der Waals surface area (Å²) in [6.07, 6.45) is 0.364. The first-order chi connectivity index (χ1) is 9.57. The van der Waals surface area contributed by atoms with Crippen LogP contribution in [-0.4, -0.2) is 32.6 Å². The first kappa shape index (κ1) is 14.4. The zero-order valence-corrected chi connectivity index (χ0v) is 11.9. The van der Waals surface area contributed by atoms with Gasteiger partial charge in [-0.1, -0.05) is 6.07 Å². The maximum absolute atomic E-state index is 12.2. The predicted molar refractivity (Wildman–Crippen MR) is 72.1 cm³/mol. The van der Waals surface area contributed by atoms with Gasteiger partial charge in [0.2, 0.25) is 0 Å². The Morgan fingerprint density at radius 3 is 2.35 bits per heavy atom. The number of rotatable bonds is 5. The number of hydrogen-bond donors (Lipinski definition) is 0. The molecule has 20 heavy (non-hydrogen) atoms. The van der Waals surface area contributed by atoms with Crippen molar-refractivity contribution in [2.24, 2.45) is 0 Å². The van der Waals surface area contributed by atoms with Crippen molar-refractivity contribution in [3.63, 3.8) is 0 Å². The maximum atomic E-state index is 12.2. The molecular weight excluding hydrogens is 260 g/mol. The van der Waals surface area contributed by atoms with E-state index in [9.17, 15) is 9.59 Å². The zero-order chi connectivity index (χ0) is 14.8. The number of ether oxygens (including phenoxy) is 3. The maximum Gasteiger partial charge on any atom is 0.317 e. The molecule has 0 aliphatic heterocycles. The smallest absolute Gasteiger partial charge is 0.317 e. The van der Waals surface area contributed by atoms with Crippen molar-refractivity contribution >= 4 is 11.8 Å². The van der Waals surface area contributed by atoms with Gasteiger partial charge >= 0.3 is 5.97 Å². The van der Waals surface area contributed by atoms with Crippen LogP contribution in [-0.2, 0) is 19.7 Å².